The standard InChI is InChI=1S/C13H13BrS/c1-9-4-3-5-11(8-9)13(14)12-7-6-10(2)15-12/h3-8,13H,1-2H3. The molecule has 1 atom stereocenters. The van der Waals surface area contributed by atoms with Crippen LogP contribution in [0, 0.1) is 13.8 Å². The van der Waals surface area contributed by atoms with Gasteiger partial charge in [-0.2, -0.15) is 0 Å². The summed E-state index contributed by atoms with van der Waals surface area (Å²) in [5.74, 6) is 0. The first-order valence-electron chi connectivity index (χ1n) is 4.94. The highest BCUT2D eigenvalue weighted by Crippen LogP contribution is 2.35. The minimum absolute atomic E-state index is 0.330. The maximum atomic E-state index is 3.75. The summed E-state index contributed by atoms with van der Waals surface area (Å²) in [5.41, 5.74) is 2.64. The number of hydrogen-bond donors (Lipinski definition) is 0. The fraction of sp³-hybridized carbons (Fsp3) is 0.231. The van der Waals surface area contributed by atoms with Crippen LogP contribution in [0.15, 0.2) is 36.4 Å². The van der Waals surface area contributed by atoms with E-state index < -0.39 is 0 Å². The SMILES string of the molecule is Cc1cccc(C(Br)c2ccc(C)s2)c1. The van der Waals surface area contributed by atoms with Gasteiger partial charge in [0.15, 0.2) is 0 Å². The summed E-state index contributed by atoms with van der Waals surface area (Å²) in [5, 5.41) is 0. The van der Waals surface area contributed by atoms with Gasteiger partial charge in [0, 0.05) is 9.75 Å². The fourth-order valence-corrected chi connectivity index (χ4v) is 3.18. The van der Waals surface area contributed by atoms with E-state index >= 15 is 0 Å². The summed E-state index contributed by atoms with van der Waals surface area (Å²) in [6.07, 6.45) is 0. The van der Waals surface area contributed by atoms with Crippen molar-refractivity contribution < 1.29 is 0 Å². The van der Waals surface area contributed by atoms with Gasteiger partial charge in [0.2, 0.25) is 0 Å². The Kier molecular flexibility index (Phi) is 3.27. The number of rotatable bonds is 2. The Balaban J connectivity index is 2.32. The third-order valence-corrected chi connectivity index (χ3v) is 4.74. The van der Waals surface area contributed by atoms with Gasteiger partial charge in [-0.3, -0.25) is 0 Å². The van der Waals surface area contributed by atoms with Crippen LogP contribution in [-0.2, 0) is 0 Å². The number of halogens is 1. The zero-order chi connectivity index (χ0) is 10.8. The minimum atomic E-state index is 0.330. The number of thiophene rings is 1. The molecule has 0 aliphatic rings. The van der Waals surface area contributed by atoms with Crippen molar-refractivity contribution in [1.82, 2.24) is 0 Å². The molecular formula is C13H13BrS. The van der Waals surface area contributed by atoms with Gasteiger partial charge in [-0.1, -0.05) is 45.8 Å². The maximum Gasteiger partial charge on any atom is 0.0738 e. The van der Waals surface area contributed by atoms with Crippen molar-refractivity contribution in [1.29, 1.82) is 0 Å². The highest BCUT2D eigenvalue weighted by molar-refractivity contribution is 9.09. The molecule has 15 heavy (non-hydrogen) atoms. The van der Waals surface area contributed by atoms with Crippen LogP contribution in [0.5, 0.6) is 0 Å². The van der Waals surface area contributed by atoms with E-state index in [1.807, 2.05) is 11.3 Å². The molecule has 1 aromatic heterocycles. The van der Waals surface area contributed by atoms with Crippen LogP contribution in [-0.4, -0.2) is 0 Å². The van der Waals surface area contributed by atoms with Crippen molar-refractivity contribution >= 4 is 27.3 Å². The normalized spacial score (nSPS) is 12.7. The van der Waals surface area contributed by atoms with Gasteiger partial charge in [0.25, 0.3) is 0 Å². The molecule has 0 aliphatic carbocycles. The monoisotopic (exact) mass is 280 g/mol. The molecule has 0 amide bonds. The molecule has 0 bridgehead atoms. The van der Waals surface area contributed by atoms with Gasteiger partial charge in [0.05, 0.1) is 4.83 Å². The largest absolute Gasteiger partial charge is 0.144 e. The Hall–Kier alpha value is -0.600. The maximum absolute atomic E-state index is 3.75. The van der Waals surface area contributed by atoms with Crippen LogP contribution in [0.2, 0.25) is 0 Å². The molecule has 2 heteroatoms. The molecule has 0 spiro atoms. The quantitative estimate of drug-likeness (QED) is 0.690. The molecule has 0 radical (unpaired) electrons. The third kappa shape index (κ3) is 2.50. The van der Waals surface area contributed by atoms with Crippen LogP contribution in [0.3, 0.4) is 0 Å². The molecule has 1 aromatic carbocycles. The van der Waals surface area contributed by atoms with Crippen LogP contribution < -0.4 is 0 Å². The zero-order valence-electron chi connectivity index (χ0n) is 8.83. The smallest absolute Gasteiger partial charge is 0.0738 e. The van der Waals surface area contributed by atoms with Crippen LogP contribution in [0.4, 0.5) is 0 Å². The van der Waals surface area contributed by atoms with E-state index in [9.17, 15) is 0 Å². The van der Waals surface area contributed by atoms with Crippen LogP contribution >= 0.6 is 27.3 Å². The zero-order valence-corrected chi connectivity index (χ0v) is 11.2. The summed E-state index contributed by atoms with van der Waals surface area (Å²) < 4.78 is 0. The third-order valence-electron chi connectivity index (χ3n) is 2.35. The lowest BCUT2D eigenvalue weighted by atomic mass is 10.1. The van der Waals surface area contributed by atoms with Gasteiger partial charge >= 0.3 is 0 Å². The van der Waals surface area contributed by atoms with Gasteiger partial charge in [-0.15, -0.1) is 11.3 Å². The van der Waals surface area contributed by atoms with Crippen LogP contribution in [0.1, 0.15) is 25.7 Å². The molecule has 0 fully saturated rings. The highest BCUT2D eigenvalue weighted by Gasteiger charge is 2.11. The number of alkyl halides is 1. The van der Waals surface area contributed by atoms with Gasteiger partial charge in [0.1, 0.15) is 0 Å². The summed E-state index contributed by atoms with van der Waals surface area (Å²) in [7, 11) is 0. The molecule has 0 saturated heterocycles. The second kappa shape index (κ2) is 4.50. The minimum Gasteiger partial charge on any atom is -0.144 e. The van der Waals surface area contributed by atoms with E-state index in [2.05, 4.69) is 66.2 Å². The molecule has 0 aliphatic heterocycles. The van der Waals surface area contributed by atoms with E-state index in [1.165, 1.54) is 20.9 Å². The first-order chi connectivity index (χ1) is 7.16. The Labute approximate surface area is 103 Å². The molecule has 2 aromatic rings. The Bertz CT molecular complexity index is 459. The van der Waals surface area contributed by atoms with Crippen molar-refractivity contribution in [3.63, 3.8) is 0 Å². The summed E-state index contributed by atoms with van der Waals surface area (Å²) in [4.78, 5) is 3.07. The molecule has 0 N–H and O–H groups in total. The Morgan fingerprint density at radius 3 is 2.53 bits per heavy atom. The fourth-order valence-electron chi connectivity index (χ4n) is 1.58. The first-order valence-corrected chi connectivity index (χ1v) is 6.67. The average molecular weight is 281 g/mol. The second-order valence-corrected chi connectivity index (χ2v) is 5.96. The van der Waals surface area contributed by atoms with Crippen molar-refractivity contribution in [3.05, 3.63) is 57.3 Å². The van der Waals surface area contributed by atoms with Gasteiger partial charge < -0.3 is 0 Å². The number of aryl methyl sites for hydroxylation is 2. The first kappa shape index (κ1) is 10.9. The summed E-state index contributed by atoms with van der Waals surface area (Å²) in [6.45, 7) is 4.27. The van der Waals surface area contributed by atoms with Crippen molar-refractivity contribution in [2.75, 3.05) is 0 Å². The van der Waals surface area contributed by atoms with Crippen molar-refractivity contribution in [2.45, 2.75) is 18.7 Å². The Morgan fingerprint density at radius 2 is 1.93 bits per heavy atom. The Morgan fingerprint density at radius 1 is 1.13 bits per heavy atom. The topological polar surface area (TPSA) is 0 Å². The van der Waals surface area contributed by atoms with E-state index in [4.69, 9.17) is 0 Å². The highest BCUT2D eigenvalue weighted by atomic mass is 79.9. The number of hydrogen-bond acceptors (Lipinski definition) is 1. The molecular weight excluding hydrogens is 268 g/mol. The number of benzene rings is 1. The molecule has 2 rings (SSSR count). The van der Waals surface area contributed by atoms with E-state index in [0.717, 1.165) is 0 Å². The molecule has 1 unspecified atom stereocenters. The predicted molar refractivity (Wildman–Crippen MR) is 71.0 cm³/mol. The van der Waals surface area contributed by atoms with Gasteiger partial charge in [-0.25, -0.2) is 0 Å². The lowest BCUT2D eigenvalue weighted by Gasteiger charge is -2.08. The molecule has 78 valence electrons. The van der Waals surface area contributed by atoms with Gasteiger partial charge in [-0.05, 0) is 31.5 Å². The second-order valence-electron chi connectivity index (χ2n) is 3.73. The molecule has 1 heterocycles. The predicted octanol–water partition coefficient (Wildman–Crippen LogP) is 4.85. The van der Waals surface area contributed by atoms with E-state index in [-0.39, 0.29) is 0 Å². The molecule has 0 nitrogen and oxygen atoms in total. The van der Waals surface area contributed by atoms with E-state index in [1.54, 1.807) is 0 Å². The summed E-state index contributed by atoms with van der Waals surface area (Å²) >= 11 is 5.60. The average Bonchev–Trinajstić information content (AvgIpc) is 2.64. The van der Waals surface area contributed by atoms with Crippen LogP contribution in [0.25, 0.3) is 0 Å². The summed E-state index contributed by atoms with van der Waals surface area (Å²) in [6, 6.07) is 13.0. The van der Waals surface area contributed by atoms with E-state index in [0.29, 0.717) is 4.83 Å². The van der Waals surface area contributed by atoms with Crippen molar-refractivity contribution in [2.24, 2.45) is 0 Å². The lowest BCUT2D eigenvalue weighted by Crippen LogP contribution is -1.89. The molecule has 0 saturated carbocycles. The van der Waals surface area contributed by atoms with Crippen molar-refractivity contribution in [3.8, 4) is 0 Å². The lowest BCUT2D eigenvalue weighted by molar-refractivity contribution is 1.21.